The molecule has 0 aliphatic heterocycles. The topological polar surface area (TPSA) is 60.2 Å². The predicted octanol–water partition coefficient (Wildman–Crippen LogP) is 2.88. The number of anilines is 1. The van der Waals surface area contributed by atoms with Gasteiger partial charge in [0, 0.05) is 5.69 Å². The molecule has 1 unspecified atom stereocenters. The van der Waals surface area contributed by atoms with E-state index in [4.69, 9.17) is 17.3 Å². The third-order valence-corrected chi connectivity index (χ3v) is 5.18. The Balaban J connectivity index is 3.17. The van der Waals surface area contributed by atoms with Gasteiger partial charge in [-0.3, -0.25) is 0 Å². The average molecular weight is 262 g/mol. The number of sulfone groups is 1. The van der Waals surface area contributed by atoms with Crippen molar-refractivity contribution in [2.75, 3.05) is 5.73 Å². The molecule has 90 valence electrons. The lowest BCUT2D eigenvalue weighted by Crippen LogP contribution is -2.18. The molecule has 5 heteroatoms. The second kappa shape index (κ2) is 5.06. The molecule has 0 bridgehead atoms. The summed E-state index contributed by atoms with van der Waals surface area (Å²) >= 11 is 5.90. The zero-order chi connectivity index (χ0) is 12.3. The van der Waals surface area contributed by atoms with Crippen LogP contribution < -0.4 is 5.73 Å². The second-order valence-electron chi connectivity index (χ2n) is 3.83. The molecule has 2 N–H and O–H groups in total. The normalized spacial score (nSPS) is 13.7. The summed E-state index contributed by atoms with van der Waals surface area (Å²) in [7, 11) is -3.34. The summed E-state index contributed by atoms with van der Waals surface area (Å²) in [5.41, 5.74) is 5.99. The molecule has 0 aliphatic carbocycles. The van der Waals surface area contributed by atoms with Crippen molar-refractivity contribution < 1.29 is 8.42 Å². The molecule has 0 radical (unpaired) electrons. The van der Waals surface area contributed by atoms with E-state index in [2.05, 4.69) is 0 Å². The first-order valence-electron chi connectivity index (χ1n) is 5.18. The minimum Gasteiger partial charge on any atom is -0.399 e. The van der Waals surface area contributed by atoms with Gasteiger partial charge in [-0.05, 0) is 31.5 Å². The van der Waals surface area contributed by atoms with Gasteiger partial charge >= 0.3 is 0 Å². The Bertz CT molecular complexity index is 471. The van der Waals surface area contributed by atoms with E-state index in [1.54, 1.807) is 13.0 Å². The molecule has 0 aliphatic rings. The van der Waals surface area contributed by atoms with Crippen LogP contribution in [0.15, 0.2) is 23.1 Å². The fourth-order valence-electron chi connectivity index (χ4n) is 1.53. The van der Waals surface area contributed by atoms with Crippen LogP contribution in [0.25, 0.3) is 0 Å². The first-order chi connectivity index (χ1) is 7.39. The van der Waals surface area contributed by atoms with Crippen LogP contribution in [-0.4, -0.2) is 13.7 Å². The van der Waals surface area contributed by atoms with E-state index >= 15 is 0 Å². The Morgan fingerprint density at radius 2 is 2.06 bits per heavy atom. The summed E-state index contributed by atoms with van der Waals surface area (Å²) in [6, 6.07) is 4.49. The number of benzene rings is 1. The van der Waals surface area contributed by atoms with Gasteiger partial charge in [-0.15, -0.1) is 0 Å². The summed E-state index contributed by atoms with van der Waals surface area (Å²) in [5.74, 6) is 0. The first kappa shape index (κ1) is 13.3. The molecule has 0 saturated carbocycles. The van der Waals surface area contributed by atoms with Gasteiger partial charge in [0.25, 0.3) is 0 Å². The van der Waals surface area contributed by atoms with Crippen LogP contribution in [0.5, 0.6) is 0 Å². The molecule has 3 nitrogen and oxygen atoms in total. The van der Waals surface area contributed by atoms with E-state index < -0.39 is 15.1 Å². The third kappa shape index (κ3) is 2.68. The number of nitrogens with two attached hydrogens (primary N) is 1. The zero-order valence-corrected chi connectivity index (χ0v) is 11.0. The molecule has 1 atom stereocenters. The van der Waals surface area contributed by atoms with Crippen LogP contribution in [0.4, 0.5) is 5.69 Å². The van der Waals surface area contributed by atoms with Crippen LogP contribution >= 0.6 is 11.6 Å². The number of nitrogen functional groups attached to an aromatic ring is 1. The van der Waals surface area contributed by atoms with Gasteiger partial charge in [0.15, 0.2) is 9.84 Å². The lowest BCUT2D eigenvalue weighted by atomic mass is 10.3. The van der Waals surface area contributed by atoms with Gasteiger partial charge in [0.2, 0.25) is 0 Å². The molecular formula is C11H16ClNO2S. The number of hydrogen-bond acceptors (Lipinski definition) is 3. The highest BCUT2D eigenvalue weighted by Crippen LogP contribution is 2.28. The smallest absolute Gasteiger partial charge is 0.182 e. The van der Waals surface area contributed by atoms with Crippen molar-refractivity contribution in [3.8, 4) is 0 Å². The van der Waals surface area contributed by atoms with Crippen molar-refractivity contribution in [2.24, 2.45) is 0 Å². The van der Waals surface area contributed by atoms with Crippen molar-refractivity contribution in [3.05, 3.63) is 23.2 Å². The zero-order valence-electron chi connectivity index (χ0n) is 9.40. The van der Waals surface area contributed by atoms with Gasteiger partial charge in [-0.2, -0.15) is 0 Å². The Morgan fingerprint density at radius 3 is 2.56 bits per heavy atom. The Hall–Kier alpha value is -0.740. The molecule has 0 saturated heterocycles. The lowest BCUT2D eigenvalue weighted by molar-refractivity contribution is 0.576. The molecule has 0 fully saturated rings. The van der Waals surface area contributed by atoms with Gasteiger partial charge < -0.3 is 5.73 Å². The SMILES string of the molecule is CCCC(C)S(=O)(=O)c1ccc(N)cc1Cl. The Morgan fingerprint density at radius 1 is 1.44 bits per heavy atom. The largest absolute Gasteiger partial charge is 0.399 e. The molecule has 1 aromatic carbocycles. The van der Waals surface area contributed by atoms with Gasteiger partial charge in [0.1, 0.15) is 0 Å². The summed E-state index contributed by atoms with van der Waals surface area (Å²) in [4.78, 5) is 0.171. The van der Waals surface area contributed by atoms with Crippen molar-refractivity contribution >= 4 is 27.1 Å². The predicted molar refractivity (Wildman–Crippen MR) is 67.4 cm³/mol. The monoisotopic (exact) mass is 261 g/mol. The van der Waals surface area contributed by atoms with Gasteiger partial charge in [-0.1, -0.05) is 24.9 Å². The number of hydrogen-bond donors (Lipinski definition) is 1. The average Bonchev–Trinajstić information content (AvgIpc) is 2.17. The van der Waals surface area contributed by atoms with Crippen molar-refractivity contribution in [1.29, 1.82) is 0 Å². The highest BCUT2D eigenvalue weighted by molar-refractivity contribution is 7.92. The fraction of sp³-hybridized carbons (Fsp3) is 0.455. The van der Waals surface area contributed by atoms with E-state index in [1.807, 2.05) is 6.92 Å². The molecule has 1 aromatic rings. The molecule has 0 aromatic heterocycles. The fourth-order valence-corrected chi connectivity index (χ4v) is 3.61. The van der Waals surface area contributed by atoms with Crippen molar-refractivity contribution in [1.82, 2.24) is 0 Å². The second-order valence-corrected chi connectivity index (χ2v) is 6.58. The highest BCUT2D eigenvalue weighted by Gasteiger charge is 2.24. The molecule has 0 spiro atoms. The van der Waals surface area contributed by atoms with Crippen LogP contribution in [0.1, 0.15) is 26.7 Å². The number of rotatable bonds is 4. The van der Waals surface area contributed by atoms with Gasteiger partial charge in [-0.25, -0.2) is 8.42 Å². The maximum absolute atomic E-state index is 12.1. The van der Waals surface area contributed by atoms with E-state index in [-0.39, 0.29) is 9.92 Å². The van der Waals surface area contributed by atoms with Crippen molar-refractivity contribution in [2.45, 2.75) is 36.8 Å². The number of halogens is 1. The highest BCUT2D eigenvalue weighted by atomic mass is 35.5. The third-order valence-electron chi connectivity index (χ3n) is 2.49. The Labute approximate surface area is 102 Å². The molecule has 0 heterocycles. The van der Waals surface area contributed by atoms with E-state index in [0.717, 1.165) is 6.42 Å². The maximum atomic E-state index is 12.1. The Kier molecular flexibility index (Phi) is 4.21. The molecule has 0 amide bonds. The minimum atomic E-state index is -3.34. The van der Waals surface area contributed by atoms with Crippen LogP contribution in [0.2, 0.25) is 5.02 Å². The first-order valence-corrected chi connectivity index (χ1v) is 7.11. The van der Waals surface area contributed by atoms with E-state index in [0.29, 0.717) is 12.1 Å². The summed E-state index contributed by atoms with van der Waals surface area (Å²) in [6.07, 6.45) is 1.45. The summed E-state index contributed by atoms with van der Waals surface area (Å²) in [6.45, 7) is 3.65. The summed E-state index contributed by atoms with van der Waals surface area (Å²) < 4.78 is 24.3. The van der Waals surface area contributed by atoms with E-state index in [1.165, 1.54) is 12.1 Å². The minimum absolute atomic E-state index is 0.171. The van der Waals surface area contributed by atoms with E-state index in [9.17, 15) is 8.42 Å². The van der Waals surface area contributed by atoms with Crippen LogP contribution in [-0.2, 0) is 9.84 Å². The maximum Gasteiger partial charge on any atom is 0.182 e. The van der Waals surface area contributed by atoms with Crippen LogP contribution in [0, 0.1) is 0 Å². The van der Waals surface area contributed by atoms with Crippen molar-refractivity contribution in [3.63, 3.8) is 0 Å². The molecule has 1 rings (SSSR count). The van der Waals surface area contributed by atoms with Gasteiger partial charge in [0.05, 0.1) is 15.2 Å². The molecule has 16 heavy (non-hydrogen) atoms. The quantitative estimate of drug-likeness (QED) is 0.848. The summed E-state index contributed by atoms with van der Waals surface area (Å²) in [5, 5.41) is -0.221. The standard InChI is InChI=1S/C11H16ClNO2S/c1-3-4-8(2)16(14,15)11-6-5-9(13)7-10(11)12/h5-8H,3-4,13H2,1-2H3. The van der Waals surface area contributed by atoms with Crippen LogP contribution in [0.3, 0.4) is 0 Å². The lowest BCUT2D eigenvalue weighted by Gasteiger charge is -2.13. The molecular weight excluding hydrogens is 246 g/mol.